The van der Waals surface area contributed by atoms with E-state index >= 15 is 0 Å². The van der Waals surface area contributed by atoms with Gasteiger partial charge in [0.25, 0.3) is 6.43 Å². The SMILES string of the molecule is CCCC(O)(c1ccc(OCC(C)C)cc1)C(C(=O)OCC)C(F)F. The molecule has 0 aliphatic rings. The lowest BCUT2D eigenvalue weighted by molar-refractivity contribution is -0.173. The zero-order valence-corrected chi connectivity index (χ0v) is 15.3. The van der Waals surface area contributed by atoms with Crippen LogP contribution in [0, 0.1) is 11.8 Å². The van der Waals surface area contributed by atoms with Crippen molar-refractivity contribution in [3.8, 4) is 5.75 Å². The monoisotopic (exact) mass is 358 g/mol. The van der Waals surface area contributed by atoms with Crippen molar-refractivity contribution in [2.24, 2.45) is 11.8 Å². The highest BCUT2D eigenvalue weighted by Gasteiger charge is 2.48. The molecule has 0 radical (unpaired) electrons. The summed E-state index contributed by atoms with van der Waals surface area (Å²) >= 11 is 0. The van der Waals surface area contributed by atoms with Crippen LogP contribution in [0.2, 0.25) is 0 Å². The first-order chi connectivity index (χ1) is 11.8. The number of carbonyl (C=O) groups excluding carboxylic acids is 1. The lowest BCUT2D eigenvalue weighted by atomic mass is 9.78. The molecule has 25 heavy (non-hydrogen) atoms. The third kappa shape index (κ3) is 5.66. The van der Waals surface area contributed by atoms with Crippen molar-refractivity contribution >= 4 is 5.97 Å². The first-order valence-corrected chi connectivity index (χ1v) is 8.66. The summed E-state index contributed by atoms with van der Waals surface area (Å²) in [5.41, 5.74) is -1.74. The highest BCUT2D eigenvalue weighted by atomic mass is 19.3. The molecule has 1 aromatic rings. The first-order valence-electron chi connectivity index (χ1n) is 8.66. The quantitative estimate of drug-likeness (QED) is 0.638. The summed E-state index contributed by atoms with van der Waals surface area (Å²) in [6, 6.07) is 6.29. The normalized spacial score (nSPS) is 15.1. The van der Waals surface area contributed by atoms with E-state index in [1.165, 1.54) is 12.1 Å². The van der Waals surface area contributed by atoms with Crippen LogP contribution >= 0.6 is 0 Å². The molecule has 0 aliphatic heterocycles. The van der Waals surface area contributed by atoms with Gasteiger partial charge in [0.2, 0.25) is 0 Å². The molecule has 1 rings (SSSR count). The molecule has 0 heterocycles. The molecule has 2 unspecified atom stereocenters. The van der Waals surface area contributed by atoms with Crippen LogP contribution in [0.25, 0.3) is 0 Å². The molecule has 0 amide bonds. The van der Waals surface area contributed by atoms with E-state index < -0.39 is 23.9 Å². The van der Waals surface area contributed by atoms with Crippen LogP contribution in [-0.4, -0.2) is 30.7 Å². The number of carbonyl (C=O) groups is 1. The second-order valence-corrected chi connectivity index (χ2v) is 6.47. The molecule has 0 saturated carbocycles. The fourth-order valence-corrected chi connectivity index (χ4v) is 2.70. The van der Waals surface area contributed by atoms with Gasteiger partial charge in [0.05, 0.1) is 13.2 Å². The van der Waals surface area contributed by atoms with E-state index in [1.807, 2.05) is 13.8 Å². The van der Waals surface area contributed by atoms with Gasteiger partial charge in [-0.15, -0.1) is 0 Å². The largest absolute Gasteiger partial charge is 0.493 e. The lowest BCUT2D eigenvalue weighted by Crippen LogP contribution is -2.45. The fourth-order valence-electron chi connectivity index (χ4n) is 2.70. The molecule has 0 bridgehead atoms. The van der Waals surface area contributed by atoms with Crippen LogP contribution in [-0.2, 0) is 15.1 Å². The molecule has 4 nitrogen and oxygen atoms in total. The van der Waals surface area contributed by atoms with Gasteiger partial charge in [-0.3, -0.25) is 4.79 Å². The van der Waals surface area contributed by atoms with Crippen molar-refractivity contribution in [3.63, 3.8) is 0 Å². The third-order valence-electron chi connectivity index (χ3n) is 3.88. The van der Waals surface area contributed by atoms with Crippen molar-refractivity contribution in [3.05, 3.63) is 29.8 Å². The van der Waals surface area contributed by atoms with Gasteiger partial charge in [0.1, 0.15) is 11.4 Å². The van der Waals surface area contributed by atoms with Gasteiger partial charge in [-0.05, 0) is 37.0 Å². The summed E-state index contributed by atoms with van der Waals surface area (Å²) in [7, 11) is 0. The zero-order valence-electron chi connectivity index (χ0n) is 15.3. The smallest absolute Gasteiger partial charge is 0.318 e. The summed E-state index contributed by atoms with van der Waals surface area (Å²) in [5, 5.41) is 11.0. The second kappa shape index (κ2) is 9.70. The van der Waals surface area contributed by atoms with Gasteiger partial charge >= 0.3 is 5.97 Å². The average Bonchev–Trinajstić information content (AvgIpc) is 2.53. The molecule has 2 atom stereocenters. The van der Waals surface area contributed by atoms with Gasteiger partial charge in [-0.25, -0.2) is 8.78 Å². The molecular weight excluding hydrogens is 330 g/mol. The van der Waals surface area contributed by atoms with Gasteiger partial charge < -0.3 is 14.6 Å². The topological polar surface area (TPSA) is 55.8 Å². The Kier molecular flexibility index (Phi) is 8.29. The molecule has 1 aromatic carbocycles. The Morgan fingerprint density at radius 1 is 1.20 bits per heavy atom. The number of rotatable bonds is 10. The van der Waals surface area contributed by atoms with E-state index in [0.29, 0.717) is 24.7 Å². The molecule has 0 spiro atoms. The van der Waals surface area contributed by atoms with Gasteiger partial charge in [-0.2, -0.15) is 0 Å². The second-order valence-electron chi connectivity index (χ2n) is 6.47. The van der Waals surface area contributed by atoms with Gasteiger partial charge in [0, 0.05) is 0 Å². The minimum absolute atomic E-state index is 0.0209. The van der Waals surface area contributed by atoms with Crippen LogP contribution < -0.4 is 4.74 Å². The van der Waals surface area contributed by atoms with Crippen molar-refractivity contribution < 1.29 is 28.2 Å². The van der Waals surface area contributed by atoms with E-state index in [4.69, 9.17) is 9.47 Å². The summed E-state index contributed by atoms with van der Waals surface area (Å²) in [6.07, 6.45) is -2.58. The predicted octanol–water partition coefficient (Wildman–Crippen LogP) is 4.15. The maximum absolute atomic E-state index is 13.6. The third-order valence-corrected chi connectivity index (χ3v) is 3.88. The van der Waals surface area contributed by atoms with E-state index in [0.717, 1.165) is 0 Å². The molecule has 0 aromatic heterocycles. The van der Waals surface area contributed by atoms with E-state index in [2.05, 4.69) is 0 Å². The minimum Gasteiger partial charge on any atom is -0.493 e. The summed E-state index contributed by atoms with van der Waals surface area (Å²) in [5.74, 6) is -2.09. The fraction of sp³-hybridized carbons (Fsp3) is 0.632. The Morgan fingerprint density at radius 2 is 1.80 bits per heavy atom. The molecule has 0 aliphatic carbocycles. The molecule has 0 saturated heterocycles. The Morgan fingerprint density at radius 3 is 2.24 bits per heavy atom. The van der Waals surface area contributed by atoms with Crippen LogP contribution in [0.5, 0.6) is 5.75 Å². The van der Waals surface area contributed by atoms with Crippen molar-refractivity contribution in [2.75, 3.05) is 13.2 Å². The van der Waals surface area contributed by atoms with Crippen LogP contribution in [0.1, 0.15) is 46.1 Å². The maximum atomic E-state index is 13.6. The minimum atomic E-state index is -3.03. The molecule has 142 valence electrons. The Bertz CT molecular complexity index is 531. The number of alkyl halides is 2. The van der Waals surface area contributed by atoms with E-state index in [-0.39, 0.29) is 18.6 Å². The highest BCUT2D eigenvalue weighted by Crippen LogP contribution is 2.39. The number of benzene rings is 1. The van der Waals surface area contributed by atoms with Crippen molar-refractivity contribution in [1.29, 1.82) is 0 Å². The standard InChI is InChI=1S/C19H28F2O4/c1-5-11-19(23,16(17(20)21)18(22)24-6-2)14-7-9-15(10-8-14)25-12-13(3)4/h7-10,13,16-17,23H,5-6,11-12H2,1-4H3. The van der Waals surface area contributed by atoms with E-state index in [9.17, 15) is 18.7 Å². The number of ether oxygens (including phenoxy) is 2. The summed E-state index contributed by atoms with van der Waals surface area (Å²) in [6.45, 7) is 7.84. The molecular formula is C19H28F2O4. The number of aliphatic hydroxyl groups is 1. The van der Waals surface area contributed by atoms with E-state index in [1.54, 1.807) is 26.0 Å². The summed E-state index contributed by atoms with van der Waals surface area (Å²) in [4.78, 5) is 12.0. The number of esters is 1. The number of hydrogen-bond donors (Lipinski definition) is 1. The number of hydrogen-bond acceptors (Lipinski definition) is 4. The Balaban J connectivity index is 3.15. The van der Waals surface area contributed by atoms with Crippen molar-refractivity contribution in [2.45, 2.75) is 52.6 Å². The van der Waals surface area contributed by atoms with Crippen LogP contribution in [0.4, 0.5) is 8.78 Å². The number of halogens is 2. The van der Waals surface area contributed by atoms with Crippen LogP contribution in [0.3, 0.4) is 0 Å². The Hall–Kier alpha value is -1.69. The maximum Gasteiger partial charge on any atom is 0.318 e. The van der Waals surface area contributed by atoms with Crippen LogP contribution in [0.15, 0.2) is 24.3 Å². The average molecular weight is 358 g/mol. The van der Waals surface area contributed by atoms with Gasteiger partial charge in [-0.1, -0.05) is 39.3 Å². The first kappa shape index (κ1) is 21.4. The zero-order chi connectivity index (χ0) is 19.0. The lowest BCUT2D eigenvalue weighted by Gasteiger charge is -2.34. The highest BCUT2D eigenvalue weighted by molar-refractivity contribution is 5.75. The van der Waals surface area contributed by atoms with Crippen molar-refractivity contribution in [1.82, 2.24) is 0 Å². The molecule has 1 N–H and O–H groups in total. The predicted molar refractivity (Wildman–Crippen MR) is 91.7 cm³/mol. The Labute approximate surface area is 148 Å². The van der Waals surface area contributed by atoms with Gasteiger partial charge in [0.15, 0.2) is 5.92 Å². The molecule has 6 heteroatoms. The molecule has 0 fully saturated rings. The summed E-state index contributed by atoms with van der Waals surface area (Å²) < 4.78 is 37.5.